The number of carbonyl (C=O) groups excluding carboxylic acids is 2. The zero-order valence-corrected chi connectivity index (χ0v) is 14.0. The largest absolute Gasteiger partial charge is 0.483 e. The van der Waals surface area contributed by atoms with E-state index in [1.807, 2.05) is 19.1 Å². The molecule has 25 heavy (non-hydrogen) atoms. The highest BCUT2D eigenvalue weighted by Crippen LogP contribution is 2.27. The maximum atomic E-state index is 12.3. The minimum Gasteiger partial charge on any atom is -0.483 e. The van der Waals surface area contributed by atoms with Gasteiger partial charge in [0.1, 0.15) is 11.4 Å². The molecule has 0 fully saturated rings. The number of rotatable bonds is 7. The average Bonchev–Trinajstić information content (AvgIpc) is 2.64. The lowest BCUT2D eigenvalue weighted by Gasteiger charge is -2.20. The van der Waals surface area contributed by atoms with Crippen LogP contribution in [0, 0.1) is 0 Å². The molecule has 0 saturated heterocycles. The number of nitrogens with one attached hydrogen (secondary N) is 3. The van der Waals surface area contributed by atoms with Gasteiger partial charge in [-0.1, -0.05) is 25.1 Å². The van der Waals surface area contributed by atoms with E-state index in [1.54, 1.807) is 12.1 Å². The Hall–Kier alpha value is -3.16. The summed E-state index contributed by atoms with van der Waals surface area (Å²) in [6.45, 7) is 1.81. The highest BCUT2D eigenvalue weighted by molar-refractivity contribution is 5.92. The Labute approximate surface area is 144 Å². The quantitative estimate of drug-likeness (QED) is 0.687. The van der Waals surface area contributed by atoms with Crippen LogP contribution in [-0.4, -0.2) is 35.7 Å². The first-order valence-corrected chi connectivity index (χ1v) is 7.84. The number of aromatic nitrogens is 2. The van der Waals surface area contributed by atoms with Gasteiger partial charge in [0.25, 0.3) is 17.4 Å². The lowest BCUT2D eigenvalue weighted by Crippen LogP contribution is -2.30. The molecule has 0 aliphatic carbocycles. The number of amides is 2. The minimum atomic E-state index is -0.413. The molecule has 3 N–H and O–H groups in total. The molecule has 0 aliphatic rings. The topological polar surface area (TPSA) is 113 Å². The molecule has 0 bridgehead atoms. The maximum absolute atomic E-state index is 12.3. The van der Waals surface area contributed by atoms with Gasteiger partial charge >= 0.3 is 0 Å². The predicted octanol–water partition coefficient (Wildman–Crippen LogP) is 0.776. The molecule has 8 nitrogen and oxygen atoms in total. The summed E-state index contributed by atoms with van der Waals surface area (Å²) in [4.78, 5) is 34.7. The zero-order chi connectivity index (χ0) is 18.2. The van der Waals surface area contributed by atoms with E-state index in [1.165, 1.54) is 19.2 Å². The number of benzene rings is 1. The van der Waals surface area contributed by atoms with Gasteiger partial charge in [-0.25, -0.2) is 5.10 Å². The number of H-pyrrole nitrogens is 1. The maximum Gasteiger partial charge on any atom is 0.272 e. The average molecular weight is 344 g/mol. The Morgan fingerprint density at radius 2 is 2.00 bits per heavy atom. The van der Waals surface area contributed by atoms with Gasteiger partial charge in [-0.05, 0) is 18.6 Å². The Morgan fingerprint density at radius 1 is 1.24 bits per heavy atom. The Bertz CT molecular complexity index is 783. The number of para-hydroxylation sites is 1. The van der Waals surface area contributed by atoms with Crippen molar-refractivity contribution in [1.82, 2.24) is 20.8 Å². The third kappa shape index (κ3) is 4.90. The fraction of sp³-hybridized carbons (Fsp3) is 0.294. The number of hydrogen-bond donors (Lipinski definition) is 3. The fourth-order valence-electron chi connectivity index (χ4n) is 2.22. The SMILES string of the molecule is CC[C@@H](NC(=O)c1ccc(=O)[nH]n1)c1ccccc1OCC(=O)NC. The van der Waals surface area contributed by atoms with Crippen LogP contribution in [0.3, 0.4) is 0 Å². The summed E-state index contributed by atoms with van der Waals surface area (Å²) in [5, 5.41) is 11.3. The summed E-state index contributed by atoms with van der Waals surface area (Å²) in [5.41, 5.74) is 0.491. The predicted molar refractivity (Wildman–Crippen MR) is 91.4 cm³/mol. The van der Waals surface area contributed by atoms with Gasteiger partial charge in [-0.2, -0.15) is 5.10 Å². The van der Waals surface area contributed by atoms with Crippen molar-refractivity contribution >= 4 is 11.8 Å². The number of ether oxygens (including phenoxy) is 1. The number of aromatic amines is 1. The van der Waals surface area contributed by atoms with Crippen molar-refractivity contribution in [2.24, 2.45) is 0 Å². The Kier molecular flexibility index (Phi) is 6.27. The van der Waals surface area contributed by atoms with Crippen LogP contribution in [-0.2, 0) is 4.79 Å². The second kappa shape index (κ2) is 8.62. The van der Waals surface area contributed by atoms with E-state index in [2.05, 4.69) is 20.8 Å². The van der Waals surface area contributed by atoms with Crippen molar-refractivity contribution in [3.8, 4) is 5.75 Å². The molecule has 0 unspecified atom stereocenters. The first-order chi connectivity index (χ1) is 12.0. The molecule has 0 spiro atoms. The molecule has 8 heteroatoms. The van der Waals surface area contributed by atoms with Gasteiger partial charge in [-0.15, -0.1) is 0 Å². The van der Waals surface area contributed by atoms with Crippen LogP contribution >= 0.6 is 0 Å². The van der Waals surface area contributed by atoms with Crippen molar-refractivity contribution in [1.29, 1.82) is 0 Å². The zero-order valence-electron chi connectivity index (χ0n) is 14.0. The van der Waals surface area contributed by atoms with Gasteiger partial charge in [0, 0.05) is 18.7 Å². The van der Waals surface area contributed by atoms with E-state index in [-0.39, 0.29) is 29.8 Å². The van der Waals surface area contributed by atoms with Gasteiger partial charge in [-0.3, -0.25) is 14.4 Å². The standard InChI is InChI=1S/C17H20N4O4/c1-3-12(19-17(24)13-8-9-15(22)21-20-13)11-6-4-5-7-14(11)25-10-16(23)18-2/h4-9,12H,3,10H2,1-2H3,(H,18,23)(H,19,24)(H,21,22)/t12-/m1/s1. The fourth-order valence-corrected chi connectivity index (χ4v) is 2.22. The molecule has 1 atom stereocenters. The van der Waals surface area contributed by atoms with Crippen LogP contribution in [0.5, 0.6) is 5.75 Å². The van der Waals surface area contributed by atoms with Crippen LogP contribution in [0.2, 0.25) is 0 Å². The Balaban J connectivity index is 2.16. The summed E-state index contributed by atoms with van der Waals surface area (Å²) in [6, 6.07) is 9.45. The van der Waals surface area contributed by atoms with Crippen molar-refractivity contribution in [2.75, 3.05) is 13.7 Å². The van der Waals surface area contributed by atoms with Crippen molar-refractivity contribution in [3.63, 3.8) is 0 Å². The van der Waals surface area contributed by atoms with E-state index < -0.39 is 5.91 Å². The smallest absolute Gasteiger partial charge is 0.272 e. The molecule has 2 amide bonds. The van der Waals surface area contributed by atoms with E-state index in [0.717, 1.165) is 5.56 Å². The highest BCUT2D eigenvalue weighted by Gasteiger charge is 2.19. The molecule has 1 aromatic carbocycles. The Morgan fingerprint density at radius 3 is 2.64 bits per heavy atom. The number of hydrogen-bond acceptors (Lipinski definition) is 5. The molecule has 0 radical (unpaired) electrons. The van der Waals surface area contributed by atoms with Crippen molar-refractivity contribution in [3.05, 3.63) is 58.0 Å². The summed E-state index contributed by atoms with van der Waals surface area (Å²) < 4.78 is 5.55. The van der Waals surface area contributed by atoms with Crippen molar-refractivity contribution in [2.45, 2.75) is 19.4 Å². The number of carbonyl (C=O) groups is 2. The third-order valence-electron chi connectivity index (χ3n) is 3.56. The molecular weight excluding hydrogens is 324 g/mol. The molecule has 2 aromatic rings. The lowest BCUT2D eigenvalue weighted by atomic mass is 10.0. The summed E-state index contributed by atoms with van der Waals surface area (Å²) >= 11 is 0. The van der Waals surface area contributed by atoms with Crippen LogP contribution in [0.15, 0.2) is 41.2 Å². The van der Waals surface area contributed by atoms with Crippen LogP contribution in [0.1, 0.15) is 35.4 Å². The van der Waals surface area contributed by atoms with Gasteiger partial charge in [0.2, 0.25) is 0 Å². The minimum absolute atomic E-state index is 0.112. The summed E-state index contributed by atoms with van der Waals surface area (Å²) in [6.07, 6.45) is 0.607. The number of likely N-dealkylation sites (N-methyl/N-ethyl adjacent to an activating group) is 1. The van der Waals surface area contributed by atoms with Crippen LogP contribution in [0.25, 0.3) is 0 Å². The highest BCUT2D eigenvalue weighted by atomic mass is 16.5. The van der Waals surface area contributed by atoms with Gasteiger partial charge < -0.3 is 15.4 Å². The lowest BCUT2D eigenvalue weighted by molar-refractivity contribution is -0.122. The van der Waals surface area contributed by atoms with Crippen LogP contribution < -0.4 is 20.9 Å². The summed E-state index contributed by atoms with van der Waals surface area (Å²) in [5.74, 6) is -0.138. The van der Waals surface area contributed by atoms with E-state index in [9.17, 15) is 14.4 Å². The second-order valence-electron chi connectivity index (χ2n) is 5.24. The first-order valence-electron chi connectivity index (χ1n) is 7.84. The van der Waals surface area contributed by atoms with Gasteiger partial charge in [0.05, 0.1) is 6.04 Å². The van der Waals surface area contributed by atoms with E-state index in [4.69, 9.17) is 4.74 Å². The molecule has 132 valence electrons. The first kappa shape index (κ1) is 18.2. The molecule has 0 aliphatic heterocycles. The molecule has 2 rings (SSSR count). The summed E-state index contributed by atoms with van der Waals surface area (Å²) in [7, 11) is 1.53. The monoisotopic (exact) mass is 344 g/mol. The second-order valence-corrected chi connectivity index (χ2v) is 5.24. The third-order valence-corrected chi connectivity index (χ3v) is 3.56. The van der Waals surface area contributed by atoms with E-state index in [0.29, 0.717) is 12.2 Å². The normalized spacial score (nSPS) is 11.4. The van der Waals surface area contributed by atoms with Crippen LogP contribution in [0.4, 0.5) is 0 Å². The van der Waals surface area contributed by atoms with Gasteiger partial charge in [0.15, 0.2) is 6.61 Å². The van der Waals surface area contributed by atoms with E-state index >= 15 is 0 Å². The molecule has 1 aromatic heterocycles. The molecule has 0 saturated carbocycles. The van der Waals surface area contributed by atoms with Crippen molar-refractivity contribution < 1.29 is 14.3 Å². The molecular formula is C17H20N4O4. The number of nitrogens with zero attached hydrogens (tertiary/aromatic N) is 1. The molecule has 1 heterocycles.